The highest BCUT2D eigenvalue weighted by Crippen LogP contribution is 2.23. The molecule has 1 saturated heterocycles. The minimum absolute atomic E-state index is 0.0108. The van der Waals surface area contributed by atoms with Crippen LogP contribution in [-0.2, 0) is 4.79 Å². The van der Waals surface area contributed by atoms with Gasteiger partial charge in [0.05, 0.1) is 10.9 Å². The molecule has 0 aromatic rings. The molecular formula is C12H23N3OS. The Morgan fingerprint density at radius 2 is 2.12 bits per heavy atom. The van der Waals surface area contributed by atoms with Crippen molar-refractivity contribution in [3.05, 3.63) is 0 Å². The van der Waals surface area contributed by atoms with Gasteiger partial charge in [-0.25, -0.2) is 0 Å². The number of amides is 1. The monoisotopic (exact) mass is 257 g/mol. The number of carbonyl (C=O) groups excluding carboxylic acids is 1. The van der Waals surface area contributed by atoms with E-state index in [1.165, 1.54) is 0 Å². The van der Waals surface area contributed by atoms with E-state index in [0.29, 0.717) is 4.99 Å². The lowest BCUT2D eigenvalue weighted by Crippen LogP contribution is -2.43. The molecule has 4 N–H and O–H groups in total. The van der Waals surface area contributed by atoms with E-state index in [4.69, 9.17) is 23.7 Å². The maximum Gasteiger partial charge on any atom is 0.221 e. The third-order valence-electron chi connectivity index (χ3n) is 3.63. The summed E-state index contributed by atoms with van der Waals surface area (Å²) in [6.45, 7) is 6.86. The van der Waals surface area contributed by atoms with Crippen molar-refractivity contribution in [2.24, 2.45) is 22.8 Å². The average Bonchev–Trinajstić information content (AvgIpc) is 2.26. The van der Waals surface area contributed by atoms with Crippen LogP contribution in [-0.4, -0.2) is 35.4 Å². The van der Waals surface area contributed by atoms with E-state index in [-0.39, 0.29) is 17.2 Å². The molecule has 1 atom stereocenters. The summed E-state index contributed by atoms with van der Waals surface area (Å²) >= 11 is 5.05. The molecule has 0 radical (unpaired) electrons. The van der Waals surface area contributed by atoms with Gasteiger partial charge < -0.3 is 16.4 Å². The molecule has 0 aromatic heterocycles. The Bertz CT molecular complexity index is 304. The first-order chi connectivity index (χ1) is 7.83. The number of hydrogen-bond donors (Lipinski definition) is 2. The van der Waals surface area contributed by atoms with Gasteiger partial charge in [0, 0.05) is 12.0 Å². The highest BCUT2D eigenvalue weighted by atomic mass is 32.1. The highest BCUT2D eigenvalue weighted by Gasteiger charge is 2.26. The lowest BCUT2D eigenvalue weighted by molar-refractivity contribution is -0.123. The largest absolute Gasteiger partial charge is 0.393 e. The van der Waals surface area contributed by atoms with E-state index in [1.807, 2.05) is 0 Å². The normalized spacial score (nSPS) is 22.4. The summed E-state index contributed by atoms with van der Waals surface area (Å²) < 4.78 is 0. The van der Waals surface area contributed by atoms with Crippen molar-refractivity contribution in [2.45, 2.75) is 33.1 Å². The predicted molar refractivity (Wildman–Crippen MR) is 73.5 cm³/mol. The van der Waals surface area contributed by atoms with Crippen molar-refractivity contribution in [3.8, 4) is 0 Å². The molecule has 0 spiro atoms. The van der Waals surface area contributed by atoms with Crippen molar-refractivity contribution in [3.63, 3.8) is 0 Å². The fourth-order valence-corrected chi connectivity index (χ4v) is 2.15. The number of primary amides is 1. The smallest absolute Gasteiger partial charge is 0.221 e. The summed E-state index contributed by atoms with van der Waals surface area (Å²) in [5.74, 6) is -0.167. The molecule has 17 heavy (non-hydrogen) atoms. The maximum absolute atomic E-state index is 11.2. The van der Waals surface area contributed by atoms with Crippen molar-refractivity contribution in [1.82, 2.24) is 4.90 Å². The van der Waals surface area contributed by atoms with Gasteiger partial charge in [0.15, 0.2) is 0 Å². The van der Waals surface area contributed by atoms with Gasteiger partial charge in [-0.1, -0.05) is 26.1 Å². The molecular weight excluding hydrogens is 234 g/mol. The van der Waals surface area contributed by atoms with E-state index in [2.05, 4.69) is 18.7 Å². The zero-order valence-corrected chi connectivity index (χ0v) is 11.6. The van der Waals surface area contributed by atoms with E-state index < -0.39 is 0 Å². The summed E-state index contributed by atoms with van der Waals surface area (Å²) in [6.07, 6.45) is 2.89. The van der Waals surface area contributed by atoms with Crippen LogP contribution in [0, 0.1) is 11.3 Å². The first-order valence-electron chi connectivity index (χ1n) is 6.14. The first-order valence-corrected chi connectivity index (χ1v) is 6.55. The molecule has 5 heteroatoms. The fraction of sp³-hybridized carbons (Fsp3) is 0.833. The summed E-state index contributed by atoms with van der Waals surface area (Å²) in [4.78, 5) is 14.0. The van der Waals surface area contributed by atoms with Gasteiger partial charge in [0.2, 0.25) is 5.91 Å². The van der Waals surface area contributed by atoms with Gasteiger partial charge in [-0.3, -0.25) is 4.79 Å². The quantitative estimate of drug-likeness (QED) is 0.717. The van der Waals surface area contributed by atoms with Crippen LogP contribution in [0.25, 0.3) is 0 Å². The maximum atomic E-state index is 11.2. The molecule has 4 nitrogen and oxygen atoms in total. The topological polar surface area (TPSA) is 72.3 Å². The van der Waals surface area contributed by atoms with Crippen LogP contribution >= 0.6 is 12.2 Å². The molecule has 0 bridgehead atoms. The molecule has 0 aromatic carbocycles. The number of piperidine rings is 1. The average molecular weight is 257 g/mol. The summed E-state index contributed by atoms with van der Waals surface area (Å²) in [5.41, 5.74) is 10.9. The molecule has 1 rings (SSSR count). The number of carbonyl (C=O) groups is 1. The SMILES string of the molecule is CC(C)(CCN1CCCC(C(N)=O)C1)C(N)=S. The molecule has 1 unspecified atom stereocenters. The Morgan fingerprint density at radius 3 is 2.65 bits per heavy atom. The van der Waals surface area contributed by atoms with E-state index in [1.54, 1.807) is 0 Å². The van der Waals surface area contributed by atoms with Crippen LogP contribution in [0.1, 0.15) is 33.1 Å². The highest BCUT2D eigenvalue weighted by molar-refractivity contribution is 7.80. The zero-order chi connectivity index (χ0) is 13.1. The van der Waals surface area contributed by atoms with E-state index in [9.17, 15) is 4.79 Å². The number of thiocarbonyl (C=S) groups is 1. The lowest BCUT2D eigenvalue weighted by atomic mass is 9.88. The fourth-order valence-electron chi connectivity index (χ4n) is 2.05. The second-order valence-electron chi connectivity index (χ2n) is 5.54. The standard InChI is InChI=1S/C12H23N3OS/c1-12(2,11(14)17)5-7-15-6-3-4-9(8-15)10(13)16/h9H,3-8H2,1-2H3,(H2,13,16)(H2,14,17). The summed E-state index contributed by atoms with van der Waals surface area (Å²) in [5, 5.41) is 0. The molecule has 0 saturated carbocycles. The van der Waals surface area contributed by atoms with Crippen LogP contribution in [0.3, 0.4) is 0 Å². The van der Waals surface area contributed by atoms with Gasteiger partial charge in [-0.15, -0.1) is 0 Å². The number of nitrogens with two attached hydrogens (primary N) is 2. The van der Waals surface area contributed by atoms with Crippen LogP contribution in [0.5, 0.6) is 0 Å². The van der Waals surface area contributed by atoms with Crippen molar-refractivity contribution in [2.75, 3.05) is 19.6 Å². The van der Waals surface area contributed by atoms with Gasteiger partial charge >= 0.3 is 0 Å². The minimum Gasteiger partial charge on any atom is -0.393 e. The van der Waals surface area contributed by atoms with Crippen LogP contribution in [0.2, 0.25) is 0 Å². The lowest BCUT2D eigenvalue weighted by Gasteiger charge is -2.33. The van der Waals surface area contributed by atoms with Gasteiger partial charge in [0.1, 0.15) is 0 Å². The molecule has 98 valence electrons. The Kier molecular flexibility index (Phi) is 4.89. The number of hydrogen-bond acceptors (Lipinski definition) is 3. The van der Waals surface area contributed by atoms with Gasteiger partial charge in [0.25, 0.3) is 0 Å². The number of nitrogens with zero attached hydrogens (tertiary/aromatic N) is 1. The zero-order valence-electron chi connectivity index (χ0n) is 10.7. The Labute approximate surface area is 109 Å². The van der Waals surface area contributed by atoms with Gasteiger partial charge in [-0.05, 0) is 32.4 Å². The number of rotatable bonds is 5. The second kappa shape index (κ2) is 5.78. The predicted octanol–water partition coefficient (Wildman–Crippen LogP) is 0.886. The van der Waals surface area contributed by atoms with Crippen molar-refractivity contribution in [1.29, 1.82) is 0 Å². The molecule has 1 heterocycles. The van der Waals surface area contributed by atoms with Crippen molar-refractivity contribution < 1.29 is 4.79 Å². The molecule has 1 aliphatic heterocycles. The Hall–Kier alpha value is -0.680. The summed E-state index contributed by atoms with van der Waals surface area (Å²) in [7, 11) is 0. The molecule has 1 fully saturated rings. The minimum atomic E-state index is -0.177. The third kappa shape index (κ3) is 4.24. The van der Waals surface area contributed by atoms with Crippen LogP contribution in [0.15, 0.2) is 0 Å². The van der Waals surface area contributed by atoms with Crippen LogP contribution < -0.4 is 11.5 Å². The Balaban J connectivity index is 2.42. The molecule has 1 aliphatic rings. The molecule has 0 aliphatic carbocycles. The molecule has 1 amide bonds. The van der Waals surface area contributed by atoms with E-state index >= 15 is 0 Å². The van der Waals surface area contributed by atoms with Gasteiger partial charge in [-0.2, -0.15) is 0 Å². The van der Waals surface area contributed by atoms with Crippen LogP contribution in [0.4, 0.5) is 0 Å². The third-order valence-corrected chi connectivity index (χ3v) is 4.18. The van der Waals surface area contributed by atoms with E-state index in [0.717, 1.165) is 38.9 Å². The van der Waals surface area contributed by atoms with Crippen molar-refractivity contribution >= 4 is 23.1 Å². The first kappa shape index (κ1) is 14.4. The second-order valence-corrected chi connectivity index (χ2v) is 5.98. The summed E-state index contributed by atoms with van der Waals surface area (Å²) in [6, 6.07) is 0. The Morgan fingerprint density at radius 1 is 1.47 bits per heavy atom. The number of likely N-dealkylation sites (tertiary alicyclic amines) is 1.